The van der Waals surface area contributed by atoms with Crippen LogP contribution in [-0.2, 0) is 14.3 Å². The molecule has 1 saturated carbocycles. The first-order valence-corrected chi connectivity index (χ1v) is 9.79. The number of nitrogens with one attached hydrogen (secondary N) is 1. The summed E-state index contributed by atoms with van der Waals surface area (Å²) in [4.78, 5) is 28.2. The van der Waals surface area contributed by atoms with Gasteiger partial charge < -0.3 is 19.7 Å². The molecule has 1 N–H and O–H groups in total. The number of piperidine rings is 1. The fourth-order valence-electron chi connectivity index (χ4n) is 3.53. The lowest BCUT2D eigenvalue weighted by Gasteiger charge is -2.37. The van der Waals surface area contributed by atoms with Gasteiger partial charge in [-0.1, -0.05) is 0 Å². The van der Waals surface area contributed by atoms with Crippen LogP contribution in [0.4, 0.5) is 5.00 Å². The van der Waals surface area contributed by atoms with Gasteiger partial charge in [-0.3, -0.25) is 9.59 Å². The van der Waals surface area contributed by atoms with E-state index in [1.807, 2.05) is 18.7 Å². The second-order valence-electron chi connectivity index (χ2n) is 7.15. The highest BCUT2D eigenvalue weighted by Gasteiger charge is 2.41. The molecule has 0 bridgehead atoms. The van der Waals surface area contributed by atoms with Gasteiger partial charge in [0, 0.05) is 36.7 Å². The SMILES string of the molecule is Cc1sc(NC(=O)C2CC2)c(C(=O)N2CCC3(CC2)OCCO3)c1C. The lowest BCUT2D eigenvalue weighted by molar-refractivity contribution is -0.181. The van der Waals surface area contributed by atoms with Crippen LogP contribution in [0.15, 0.2) is 0 Å². The maximum atomic E-state index is 13.1. The molecular weight excluding hydrogens is 340 g/mol. The summed E-state index contributed by atoms with van der Waals surface area (Å²) in [5.41, 5.74) is 1.62. The molecule has 0 atom stereocenters. The van der Waals surface area contributed by atoms with Crippen molar-refractivity contribution in [1.82, 2.24) is 4.90 Å². The average molecular weight is 364 g/mol. The summed E-state index contributed by atoms with van der Waals surface area (Å²) in [5, 5.41) is 3.69. The van der Waals surface area contributed by atoms with E-state index in [0.29, 0.717) is 49.7 Å². The number of likely N-dealkylation sites (tertiary alicyclic amines) is 1. The predicted molar refractivity (Wildman–Crippen MR) is 94.9 cm³/mol. The number of nitrogens with zero attached hydrogens (tertiary/aromatic N) is 1. The van der Waals surface area contributed by atoms with E-state index in [9.17, 15) is 9.59 Å². The molecule has 0 aromatic carbocycles. The van der Waals surface area contributed by atoms with Crippen molar-refractivity contribution in [1.29, 1.82) is 0 Å². The molecule has 7 heteroatoms. The number of hydrogen-bond donors (Lipinski definition) is 1. The minimum Gasteiger partial charge on any atom is -0.347 e. The first kappa shape index (κ1) is 17.0. The number of hydrogen-bond acceptors (Lipinski definition) is 5. The standard InChI is InChI=1S/C18H24N2O4S/c1-11-12(2)25-16(19-15(21)13-3-4-13)14(11)17(22)20-7-5-18(6-8-20)23-9-10-24-18/h13H,3-10H2,1-2H3,(H,19,21). The van der Waals surface area contributed by atoms with Crippen molar-refractivity contribution in [3.63, 3.8) is 0 Å². The number of rotatable bonds is 3. The van der Waals surface area contributed by atoms with Crippen molar-refractivity contribution in [2.45, 2.75) is 45.3 Å². The number of aryl methyl sites for hydroxylation is 1. The molecule has 0 radical (unpaired) electrons. The Morgan fingerprint density at radius 1 is 1.16 bits per heavy atom. The van der Waals surface area contributed by atoms with Crippen LogP contribution in [0, 0.1) is 19.8 Å². The zero-order valence-corrected chi connectivity index (χ0v) is 15.5. The summed E-state index contributed by atoms with van der Waals surface area (Å²) >= 11 is 1.50. The molecule has 1 spiro atoms. The minimum atomic E-state index is -0.487. The maximum absolute atomic E-state index is 13.1. The van der Waals surface area contributed by atoms with Crippen LogP contribution in [0.25, 0.3) is 0 Å². The van der Waals surface area contributed by atoms with Crippen LogP contribution in [0.2, 0.25) is 0 Å². The van der Waals surface area contributed by atoms with Crippen LogP contribution >= 0.6 is 11.3 Å². The van der Waals surface area contributed by atoms with Gasteiger partial charge in [0.15, 0.2) is 5.79 Å². The topological polar surface area (TPSA) is 67.9 Å². The molecule has 1 aliphatic carbocycles. The highest BCUT2D eigenvalue weighted by molar-refractivity contribution is 7.16. The predicted octanol–water partition coefficient (Wildman–Crippen LogP) is 2.69. The monoisotopic (exact) mass is 364 g/mol. The molecule has 3 heterocycles. The van der Waals surface area contributed by atoms with E-state index >= 15 is 0 Å². The zero-order valence-electron chi connectivity index (χ0n) is 14.7. The summed E-state index contributed by atoms with van der Waals surface area (Å²) in [6.45, 7) is 6.45. The molecule has 3 fully saturated rings. The second-order valence-corrected chi connectivity index (χ2v) is 8.38. The van der Waals surface area contributed by atoms with E-state index in [0.717, 1.165) is 23.3 Å². The van der Waals surface area contributed by atoms with E-state index < -0.39 is 5.79 Å². The fraction of sp³-hybridized carbons (Fsp3) is 0.667. The lowest BCUT2D eigenvalue weighted by atomic mass is 10.0. The van der Waals surface area contributed by atoms with Crippen LogP contribution in [0.1, 0.15) is 46.5 Å². The zero-order chi connectivity index (χ0) is 17.6. The Kier molecular flexibility index (Phi) is 4.33. The fourth-order valence-corrected chi connectivity index (χ4v) is 4.58. The Bertz CT molecular complexity index is 694. The second kappa shape index (κ2) is 6.37. The van der Waals surface area contributed by atoms with Gasteiger partial charge in [0.05, 0.1) is 18.8 Å². The minimum absolute atomic E-state index is 0.000735. The summed E-state index contributed by atoms with van der Waals surface area (Å²) < 4.78 is 11.5. The summed E-state index contributed by atoms with van der Waals surface area (Å²) in [6, 6.07) is 0. The molecule has 1 aromatic heterocycles. The summed E-state index contributed by atoms with van der Waals surface area (Å²) in [5.74, 6) is -0.321. The van der Waals surface area contributed by atoms with E-state index in [1.54, 1.807) is 0 Å². The smallest absolute Gasteiger partial charge is 0.257 e. The average Bonchev–Trinajstić information content (AvgIpc) is 3.30. The van der Waals surface area contributed by atoms with Gasteiger partial charge in [0.1, 0.15) is 5.00 Å². The van der Waals surface area contributed by atoms with E-state index in [1.165, 1.54) is 11.3 Å². The van der Waals surface area contributed by atoms with Gasteiger partial charge in [0.25, 0.3) is 5.91 Å². The molecule has 136 valence electrons. The highest BCUT2D eigenvalue weighted by Crippen LogP contribution is 2.38. The number of anilines is 1. The van der Waals surface area contributed by atoms with Gasteiger partial charge in [-0.2, -0.15) is 0 Å². The van der Waals surface area contributed by atoms with Gasteiger partial charge in [-0.15, -0.1) is 11.3 Å². The largest absolute Gasteiger partial charge is 0.347 e. The number of thiophene rings is 1. The molecule has 1 aromatic rings. The molecule has 6 nitrogen and oxygen atoms in total. The molecule has 2 amide bonds. The Labute approximate surface area is 151 Å². The number of carbonyl (C=O) groups is 2. The Morgan fingerprint density at radius 3 is 2.40 bits per heavy atom. The molecule has 25 heavy (non-hydrogen) atoms. The summed E-state index contributed by atoms with van der Waals surface area (Å²) in [7, 11) is 0. The molecule has 4 rings (SSSR count). The number of ether oxygens (including phenoxy) is 2. The van der Waals surface area contributed by atoms with E-state index in [-0.39, 0.29) is 17.7 Å². The molecular formula is C18H24N2O4S. The van der Waals surface area contributed by atoms with Crippen LogP contribution < -0.4 is 5.32 Å². The Balaban J connectivity index is 1.50. The molecule has 2 aliphatic heterocycles. The van der Waals surface area contributed by atoms with E-state index in [4.69, 9.17) is 9.47 Å². The maximum Gasteiger partial charge on any atom is 0.257 e. The summed E-state index contributed by atoms with van der Waals surface area (Å²) in [6.07, 6.45) is 3.30. The first-order valence-electron chi connectivity index (χ1n) is 8.97. The quantitative estimate of drug-likeness (QED) is 0.895. The normalized spacial score (nSPS) is 22.4. The Hall–Kier alpha value is -1.44. The third kappa shape index (κ3) is 3.20. The van der Waals surface area contributed by atoms with Crippen molar-refractivity contribution in [3.05, 3.63) is 16.0 Å². The molecule has 3 aliphatic rings. The van der Waals surface area contributed by atoms with Crippen LogP contribution in [0.3, 0.4) is 0 Å². The van der Waals surface area contributed by atoms with Crippen LogP contribution in [0.5, 0.6) is 0 Å². The van der Waals surface area contributed by atoms with Crippen molar-refractivity contribution in [2.24, 2.45) is 5.92 Å². The first-order chi connectivity index (χ1) is 12.0. The highest BCUT2D eigenvalue weighted by atomic mass is 32.1. The number of carbonyl (C=O) groups excluding carboxylic acids is 2. The number of amides is 2. The van der Waals surface area contributed by atoms with E-state index in [2.05, 4.69) is 5.32 Å². The third-order valence-electron chi connectivity index (χ3n) is 5.41. The van der Waals surface area contributed by atoms with Gasteiger partial charge in [-0.25, -0.2) is 0 Å². The molecule has 2 saturated heterocycles. The van der Waals surface area contributed by atoms with Gasteiger partial charge in [0.2, 0.25) is 5.91 Å². The third-order valence-corrected chi connectivity index (χ3v) is 6.53. The Morgan fingerprint density at radius 2 is 1.80 bits per heavy atom. The van der Waals surface area contributed by atoms with Gasteiger partial charge in [-0.05, 0) is 32.3 Å². The van der Waals surface area contributed by atoms with Crippen molar-refractivity contribution in [2.75, 3.05) is 31.6 Å². The lowest BCUT2D eigenvalue weighted by Crippen LogP contribution is -2.47. The van der Waals surface area contributed by atoms with Crippen molar-refractivity contribution >= 4 is 28.2 Å². The molecule has 0 unspecified atom stereocenters. The van der Waals surface area contributed by atoms with Crippen LogP contribution in [-0.4, -0.2) is 48.8 Å². The van der Waals surface area contributed by atoms with Gasteiger partial charge >= 0.3 is 0 Å². The van der Waals surface area contributed by atoms with Crippen molar-refractivity contribution in [3.8, 4) is 0 Å². The van der Waals surface area contributed by atoms with Crippen molar-refractivity contribution < 1.29 is 19.1 Å².